The lowest BCUT2D eigenvalue weighted by molar-refractivity contribution is -0.117. The number of amides is 1. The van der Waals surface area contributed by atoms with Crippen LogP contribution in [0.3, 0.4) is 0 Å². The Bertz CT molecular complexity index is 475. The van der Waals surface area contributed by atoms with E-state index >= 15 is 0 Å². The summed E-state index contributed by atoms with van der Waals surface area (Å²) in [5.41, 5.74) is 3.98. The zero-order valence-corrected chi connectivity index (χ0v) is 9.77. The summed E-state index contributed by atoms with van der Waals surface area (Å²) >= 11 is 4.31. The molecule has 0 radical (unpaired) electrons. The highest BCUT2D eigenvalue weighted by molar-refractivity contribution is 7.81. The van der Waals surface area contributed by atoms with E-state index in [-0.39, 0.29) is 17.3 Å². The van der Waals surface area contributed by atoms with Crippen molar-refractivity contribution in [3.8, 4) is 0 Å². The minimum Gasteiger partial charge on any atom is -0.355 e. The summed E-state index contributed by atoms with van der Waals surface area (Å²) in [5, 5.41) is 9.29. The second-order valence-corrected chi connectivity index (χ2v) is 4.64. The third kappa shape index (κ3) is 1.28. The third-order valence-corrected chi connectivity index (χ3v) is 3.39. The van der Waals surface area contributed by atoms with E-state index in [0.717, 1.165) is 29.0 Å². The third-order valence-electron chi connectivity index (χ3n) is 3.13. The Morgan fingerprint density at radius 2 is 1.94 bits per heavy atom. The molecule has 0 bridgehead atoms. The maximum Gasteiger partial charge on any atom is 0.231 e. The number of nitrogens with one attached hydrogen (secondary N) is 3. The summed E-state index contributed by atoms with van der Waals surface area (Å²) in [4.78, 5) is 11.7. The van der Waals surface area contributed by atoms with E-state index < -0.39 is 0 Å². The second kappa shape index (κ2) is 3.31. The molecule has 84 valence electrons. The molecule has 0 saturated heterocycles. The number of fused-ring (bicyclic) bond motifs is 2. The van der Waals surface area contributed by atoms with Crippen LogP contribution in [0.25, 0.3) is 0 Å². The predicted octanol–water partition coefficient (Wildman–Crippen LogP) is 2.18. The van der Waals surface area contributed by atoms with Gasteiger partial charge in [0.2, 0.25) is 5.91 Å². The van der Waals surface area contributed by atoms with Crippen molar-refractivity contribution >= 4 is 35.6 Å². The van der Waals surface area contributed by atoms with Gasteiger partial charge in [0.1, 0.15) is 5.50 Å². The van der Waals surface area contributed by atoms with Crippen molar-refractivity contribution in [2.24, 2.45) is 0 Å². The van der Waals surface area contributed by atoms with Gasteiger partial charge >= 0.3 is 0 Å². The lowest BCUT2D eigenvalue weighted by atomic mass is 9.97. The summed E-state index contributed by atoms with van der Waals surface area (Å²) in [6.45, 7) is 2.03. The van der Waals surface area contributed by atoms with Gasteiger partial charge in [-0.15, -0.1) is 12.6 Å². The number of hydrogen-bond donors (Lipinski definition) is 4. The Balaban J connectivity index is 2.08. The van der Waals surface area contributed by atoms with Gasteiger partial charge in [0.15, 0.2) is 0 Å². The summed E-state index contributed by atoms with van der Waals surface area (Å²) in [7, 11) is 0. The topological polar surface area (TPSA) is 53.2 Å². The van der Waals surface area contributed by atoms with E-state index in [1.54, 1.807) is 0 Å². The molecule has 1 amide bonds. The Hall–Kier alpha value is -1.36. The average molecular weight is 235 g/mol. The number of benzene rings is 1. The van der Waals surface area contributed by atoms with E-state index in [0.29, 0.717) is 0 Å². The highest BCUT2D eigenvalue weighted by atomic mass is 32.1. The number of rotatable bonds is 1. The molecular formula is C11H13N3OS. The van der Waals surface area contributed by atoms with Crippen LogP contribution in [-0.2, 0) is 4.79 Å². The Morgan fingerprint density at radius 1 is 1.25 bits per heavy atom. The van der Waals surface area contributed by atoms with Gasteiger partial charge in [0, 0.05) is 5.69 Å². The predicted molar refractivity (Wildman–Crippen MR) is 68.1 cm³/mol. The number of thiol groups is 1. The second-order valence-electron chi connectivity index (χ2n) is 4.13. The summed E-state index contributed by atoms with van der Waals surface area (Å²) in [6, 6.07) is 4.02. The van der Waals surface area contributed by atoms with Gasteiger partial charge in [-0.1, -0.05) is 6.92 Å². The molecule has 4 nitrogen and oxygen atoms in total. The van der Waals surface area contributed by atoms with Gasteiger partial charge in [-0.25, -0.2) is 0 Å². The molecule has 0 spiro atoms. The first-order valence-corrected chi connectivity index (χ1v) is 5.90. The number of carbonyl (C=O) groups is 1. The largest absolute Gasteiger partial charge is 0.355 e. The Morgan fingerprint density at radius 3 is 2.62 bits per heavy atom. The smallest absolute Gasteiger partial charge is 0.231 e. The lowest BCUT2D eigenvalue weighted by Crippen LogP contribution is -2.13. The van der Waals surface area contributed by atoms with E-state index in [1.807, 2.05) is 19.1 Å². The van der Waals surface area contributed by atoms with Crippen molar-refractivity contribution in [3.63, 3.8) is 0 Å². The molecule has 2 aliphatic rings. The van der Waals surface area contributed by atoms with Gasteiger partial charge < -0.3 is 16.0 Å². The summed E-state index contributed by atoms with van der Waals surface area (Å²) < 4.78 is 0. The molecular weight excluding hydrogens is 222 g/mol. The maximum absolute atomic E-state index is 11.7. The quantitative estimate of drug-likeness (QED) is 0.564. The number of hydrogen-bond acceptors (Lipinski definition) is 4. The van der Waals surface area contributed by atoms with Crippen LogP contribution in [0, 0.1) is 0 Å². The fourth-order valence-corrected chi connectivity index (χ4v) is 2.63. The van der Waals surface area contributed by atoms with E-state index in [1.165, 1.54) is 0 Å². The van der Waals surface area contributed by atoms with Crippen LogP contribution in [0.5, 0.6) is 0 Å². The maximum atomic E-state index is 11.7. The van der Waals surface area contributed by atoms with Crippen molar-refractivity contribution in [1.29, 1.82) is 0 Å². The van der Waals surface area contributed by atoms with E-state index in [2.05, 4.69) is 28.6 Å². The molecule has 0 aromatic heterocycles. The minimum absolute atomic E-state index is 0.0129. The minimum atomic E-state index is -0.0479. The fraction of sp³-hybridized carbons (Fsp3) is 0.364. The van der Waals surface area contributed by atoms with Crippen molar-refractivity contribution in [1.82, 2.24) is 0 Å². The van der Waals surface area contributed by atoms with Gasteiger partial charge in [0.05, 0.1) is 17.3 Å². The molecule has 0 aliphatic carbocycles. The molecule has 3 rings (SSSR count). The van der Waals surface area contributed by atoms with Gasteiger partial charge in [-0.3, -0.25) is 4.79 Å². The Labute approximate surface area is 99.2 Å². The average Bonchev–Trinajstić information content (AvgIpc) is 2.71. The molecule has 1 aromatic rings. The van der Waals surface area contributed by atoms with Gasteiger partial charge in [0.25, 0.3) is 0 Å². The standard InChI is InChI=1S/C11H13N3OS/c1-2-5-6-3-8-9(14-11(16)13-8)4-7(6)12-10(5)15/h3-5,11,13-14,16H,2H2,1H3,(H,12,15). The van der Waals surface area contributed by atoms with E-state index in [4.69, 9.17) is 0 Å². The van der Waals surface area contributed by atoms with Crippen molar-refractivity contribution in [3.05, 3.63) is 17.7 Å². The van der Waals surface area contributed by atoms with Crippen LogP contribution >= 0.6 is 12.6 Å². The monoisotopic (exact) mass is 235 g/mol. The number of carbonyl (C=O) groups excluding carboxylic acids is 1. The molecule has 0 saturated carbocycles. The molecule has 3 N–H and O–H groups in total. The lowest BCUT2D eigenvalue weighted by Gasteiger charge is -2.06. The zero-order chi connectivity index (χ0) is 11.3. The molecule has 16 heavy (non-hydrogen) atoms. The SMILES string of the molecule is CCC1C(=O)Nc2cc3c(cc21)NC(S)N3. The molecule has 2 unspecified atom stereocenters. The molecule has 1 aromatic carbocycles. The molecule has 2 atom stereocenters. The van der Waals surface area contributed by atoms with Crippen molar-refractivity contribution in [2.75, 3.05) is 16.0 Å². The first-order chi connectivity index (χ1) is 7.69. The van der Waals surface area contributed by atoms with Crippen LogP contribution < -0.4 is 16.0 Å². The van der Waals surface area contributed by atoms with Gasteiger partial charge in [-0.05, 0) is 24.1 Å². The molecule has 0 fully saturated rings. The van der Waals surface area contributed by atoms with Crippen molar-refractivity contribution < 1.29 is 4.79 Å². The van der Waals surface area contributed by atoms with E-state index in [9.17, 15) is 4.79 Å². The summed E-state index contributed by atoms with van der Waals surface area (Å²) in [5.74, 6) is 0.0877. The highest BCUT2D eigenvalue weighted by Gasteiger charge is 2.31. The van der Waals surface area contributed by atoms with Crippen LogP contribution in [0.1, 0.15) is 24.8 Å². The van der Waals surface area contributed by atoms with Crippen molar-refractivity contribution in [2.45, 2.75) is 24.8 Å². The highest BCUT2D eigenvalue weighted by Crippen LogP contribution is 2.42. The molecule has 2 aliphatic heterocycles. The van der Waals surface area contributed by atoms with Crippen LogP contribution in [-0.4, -0.2) is 11.4 Å². The molecule has 2 heterocycles. The normalized spacial score (nSPS) is 25.5. The summed E-state index contributed by atoms with van der Waals surface area (Å²) in [6.07, 6.45) is 0.829. The van der Waals surface area contributed by atoms with Crippen LogP contribution in [0.4, 0.5) is 17.1 Å². The Kier molecular flexibility index (Phi) is 2.04. The number of anilines is 3. The van der Waals surface area contributed by atoms with Crippen LogP contribution in [0.2, 0.25) is 0 Å². The first-order valence-electron chi connectivity index (χ1n) is 5.39. The molecule has 5 heteroatoms. The van der Waals surface area contributed by atoms with Gasteiger partial charge in [-0.2, -0.15) is 0 Å². The van der Waals surface area contributed by atoms with Crippen LogP contribution in [0.15, 0.2) is 12.1 Å². The zero-order valence-electron chi connectivity index (χ0n) is 8.87. The first kappa shape index (κ1) is 9.84. The fourth-order valence-electron chi connectivity index (χ4n) is 2.35.